The van der Waals surface area contributed by atoms with Gasteiger partial charge in [-0.2, -0.15) is 0 Å². The van der Waals surface area contributed by atoms with E-state index >= 15 is 0 Å². The molecule has 0 unspecified atom stereocenters. The number of rotatable bonds is 9. The number of morpholine rings is 1. The first-order chi connectivity index (χ1) is 18.8. The SMILES string of the molecule is CC(C)CCOc1cccc([C@H]2/C(=C(\O)c3ccc4c(c3)C[C@@H](C)O4)C(=O)C(=O)N2CCN2CCOCC2)c1. The molecule has 0 saturated carbocycles. The fraction of sp³-hybridized carbons (Fsp3) is 0.484. The Bertz CT molecular complexity index is 1250. The molecule has 5 rings (SSSR count). The Kier molecular flexibility index (Phi) is 8.23. The number of nitrogens with zero attached hydrogens (tertiary/aromatic N) is 2. The molecule has 39 heavy (non-hydrogen) atoms. The Morgan fingerprint density at radius 1 is 1.10 bits per heavy atom. The molecule has 8 heteroatoms. The summed E-state index contributed by atoms with van der Waals surface area (Å²) in [5.74, 6) is 0.542. The predicted molar refractivity (Wildman–Crippen MR) is 148 cm³/mol. The largest absolute Gasteiger partial charge is 0.507 e. The number of likely N-dealkylation sites (tertiary alicyclic amines) is 1. The molecule has 0 radical (unpaired) electrons. The molecule has 0 aliphatic carbocycles. The molecule has 2 saturated heterocycles. The summed E-state index contributed by atoms with van der Waals surface area (Å²) in [4.78, 5) is 30.7. The number of ketones is 1. The van der Waals surface area contributed by atoms with Gasteiger partial charge in [0.2, 0.25) is 0 Å². The third-order valence-corrected chi connectivity index (χ3v) is 7.61. The van der Waals surface area contributed by atoms with Crippen molar-refractivity contribution >= 4 is 17.4 Å². The van der Waals surface area contributed by atoms with Gasteiger partial charge in [-0.05, 0) is 60.7 Å². The van der Waals surface area contributed by atoms with Crippen molar-refractivity contribution in [2.75, 3.05) is 46.0 Å². The second-order valence-electron chi connectivity index (χ2n) is 11.0. The summed E-state index contributed by atoms with van der Waals surface area (Å²) in [6, 6.07) is 12.2. The number of fused-ring (bicyclic) bond motifs is 1. The third kappa shape index (κ3) is 5.97. The highest BCUT2D eigenvalue weighted by atomic mass is 16.5. The Hall–Kier alpha value is -3.36. The lowest BCUT2D eigenvalue weighted by Gasteiger charge is -2.31. The van der Waals surface area contributed by atoms with Crippen LogP contribution < -0.4 is 9.47 Å². The van der Waals surface area contributed by atoms with Gasteiger partial charge in [0.1, 0.15) is 23.4 Å². The van der Waals surface area contributed by atoms with Crippen LogP contribution in [0.1, 0.15) is 49.9 Å². The van der Waals surface area contributed by atoms with Gasteiger partial charge in [-0.1, -0.05) is 26.0 Å². The maximum atomic E-state index is 13.5. The summed E-state index contributed by atoms with van der Waals surface area (Å²) in [7, 11) is 0. The molecule has 2 aromatic carbocycles. The van der Waals surface area contributed by atoms with Gasteiger partial charge >= 0.3 is 0 Å². The third-order valence-electron chi connectivity index (χ3n) is 7.61. The van der Waals surface area contributed by atoms with E-state index in [0.29, 0.717) is 50.1 Å². The molecule has 3 heterocycles. The van der Waals surface area contributed by atoms with Gasteiger partial charge < -0.3 is 24.2 Å². The maximum absolute atomic E-state index is 13.5. The van der Waals surface area contributed by atoms with E-state index in [1.807, 2.05) is 43.3 Å². The zero-order valence-electron chi connectivity index (χ0n) is 23.0. The molecule has 208 valence electrons. The maximum Gasteiger partial charge on any atom is 0.295 e. The first-order valence-corrected chi connectivity index (χ1v) is 13.9. The number of carbonyl (C=O) groups excluding carboxylic acids is 2. The topological polar surface area (TPSA) is 88.5 Å². The van der Waals surface area contributed by atoms with Crippen LogP contribution in [0.5, 0.6) is 11.5 Å². The summed E-state index contributed by atoms with van der Waals surface area (Å²) in [5, 5.41) is 11.5. The number of hydrogen-bond donors (Lipinski definition) is 1. The van der Waals surface area contributed by atoms with Gasteiger partial charge in [0.15, 0.2) is 0 Å². The summed E-state index contributed by atoms with van der Waals surface area (Å²) in [6.07, 6.45) is 1.70. The summed E-state index contributed by atoms with van der Waals surface area (Å²) in [5.41, 5.74) is 2.32. The van der Waals surface area contributed by atoms with Gasteiger partial charge in [-0.3, -0.25) is 14.5 Å². The van der Waals surface area contributed by atoms with Gasteiger partial charge in [0.25, 0.3) is 11.7 Å². The fourth-order valence-corrected chi connectivity index (χ4v) is 5.44. The minimum Gasteiger partial charge on any atom is -0.507 e. The first kappa shape index (κ1) is 27.2. The number of benzene rings is 2. The van der Waals surface area contributed by atoms with Crippen LogP contribution in [0.2, 0.25) is 0 Å². The van der Waals surface area contributed by atoms with Crippen LogP contribution in [-0.4, -0.2) is 78.7 Å². The van der Waals surface area contributed by atoms with Crippen molar-refractivity contribution in [1.29, 1.82) is 0 Å². The van der Waals surface area contributed by atoms with E-state index in [2.05, 4.69) is 18.7 Å². The minimum atomic E-state index is -0.719. The van der Waals surface area contributed by atoms with Crippen LogP contribution in [0, 0.1) is 5.92 Å². The summed E-state index contributed by atoms with van der Waals surface area (Å²) < 4.78 is 17.3. The van der Waals surface area contributed by atoms with E-state index in [1.54, 1.807) is 11.0 Å². The van der Waals surface area contributed by atoms with Crippen molar-refractivity contribution in [2.45, 2.75) is 45.8 Å². The van der Waals surface area contributed by atoms with Crippen molar-refractivity contribution in [3.05, 3.63) is 64.7 Å². The van der Waals surface area contributed by atoms with E-state index in [-0.39, 0.29) is 17.4 Å². The molecular weight excluding hydrogens is 496 g/mol. The number of amides is 1. The first-order valence-electron chi connectivity index (χ1n) is 13.9. The van der Waals surface area contributed by atoms with Crippen LogP contribution in [0.3, 0.4) is 0 Å². The molecule has 0 bridgehead atoms. The van der Waals surface area contributed by atoms with E-state index in [0.717, 1.165) is 42.8 Å². The highest BCUT2D eigenvalue weighted by molar-refractivity contribution is 6.46. The van der Waals surface area contributed by atoms with Crippen molar-refractivity contribution in [3.8, 4) is 11.5 Å². The standard InChI is InChI=1S/C31H38N2O6/c1-20(2)9-14-38-25-6-4-5-22(19-25)28-27(29(34)23-7-8-26-24(18-23)17-21(3)39-26)30(35)31(36)33(28)11-10-32-12-15-37-16-13-32/h4-8,18-21,28,34H,9-17H2,1-3H3/b29-27+/t21-,28+/m1/s1. The van der Waals surface area contributed by atoms with Gasteiger partial charge in [0.05, 0.1) is 31.4 Å². The van der Waals surface area contributed by atoms with Crippen LogP contribution >= 0.6 is 0 Å². The quantitative estimate of drug-likeness (QED) is 0.293. The summed E-state index contributed by atoms with van der Waals surface area (Å²) >= 11 is 0. The Morgan fingerprint density at radius 3 is 2.67 bits per heavy atom. The van der Waals surface area contributed by atoms with Crippen molar-refractivity contribution in [1.82, 2.24) is 9.80 Å². The van der Waals surface area contributed by atoms with E-state index in [1.165, 1.54) is 0 Å². The number of ether oxygens (including phenoxy) is 3. The monoisotopic (exact) mass is 534 g/mol. The van der Waals surface area contributed by atoms with Crippen LogP contribution in [0.15, 0.2) is 48.0 Å². The van der Waals surface area contributed by atoms with Crippen molar-refractivity contribution < 1.29 is 28.9 Å². The zero-order chi connectivity index (χ0) is 27.5. The number of carbonyl (C=O) groups is 2. The smallest absolute Gasteiger partial charge is 0.295 e. The Morgan fingerprint density at radius 2 is 1.90 bits per heavy atom. The van der Waals surface area contributed by atoms with Crippen molar-refractivity contribution in [2.24, 2.45) is 5.92 Å². The average molecular weight is 535 g/mol. The predicted octanol–water partition coefficient (Wildman–Crippen LogP) is 4.19. The molecule has 3 aliphatic heterocycles. The second-order valence-corrected chi connectivity index (χ2v) is 11.0. The van der Waals surface area contributed by atoms with Crippen LogP contribution in [0.4, 0.5) is 0 Å². The molecule has 0 spiro atoms. The highest BCUT2D eigenvalue weighted by Gasteiger charge is 2.46. The van der Waals surface area contributed by atoms with Gasteiger partial charge in [-0.25, -0.2) is 0 Å². The van der Waals surface area contributed by atoms with Crippen molar-refractivity contribution in [3.63, 3.8) is 0 Å². The molecule has 0 aromatic heterocycles. The van der Waals surface area contributed by atoms with E-state index < -0.39 is 17.7 Å². The average Bonchev–Trinajstić information content (AvgIpc) is 3.42. The lowest BCUT2D eigenvalue weighted by atomic mass is 9.94. The van der Waals surface area contributed by atoms with Gasteiger partial charge in [0, 0.05) is 38.2 Å². The molecule has 1 N–H and O–H groups in total. The molecule has 8 nitrogen and oxygen atoms in total. The number of aliphatic hydroxyl groups is 1. The Labute approximate surface area is 230 Å². The van der Waals surface area contributed by atoms with Gasteiger partial charge in [-0.15, -0.1) is 0 Å². The van der Waals surface area contributed by atoms with Crippen LogP contribution in [0.25, 0.3) is 5.76 Å². The lowest BCUT2D eigenvalue weighted by Crippen LogP contribution is -2.42. The minimum absolute atomic E-state index is 0.0570. The Balaban J connectivity index is 1.50. The number of aliphatic hydroxyl groups excluding tert-OH is 1. The second kappa shape index (κ2) is 11.8. The molecular formula is C31H38N2O6. The molecule has 1 amide bonds. The normalized spacial score (nSPS) is 22.8. The summed E-state index contributed by atoms with van der Waals surface area (Å²) in [6.45, 7) is 10.7. The zero-order valence-corrected chi connectivity index (χ0v) is 23.0. The molecule has 2 atom stereocenters. The van der Waals surface area contributed by atoms with Crippen LogP contribution in [-0.2, 0) is 20.7 Å². The number of hydrogen-bond acceptors (Lipinski definition) is 7. The highest BCUT2D eigenvalue weighted by Crippen LogP contribution is 2.41. The molecule has 3 aliphatic rings. The van der Waals surface area contributed by atoms with E-state index in [9.17, 15) is 14.7 Å². The fourth-order valence-electron chi connectivity index (χ4n) is 5.44. The lowest BCUT2D eigenvalue weighted by molar-refractivity contribution is -0.140. The number of Topliss-reactive ketones (excluding diaryl/α,β-unsaturated/α-hetero) is 1. The van der Waals surface area contributed by atoms with E-state index in [4.69, 9.17) is 14.2 Å². The molecule has 2 aromatic rings. The molecule has 2 fully saturated rings.